The van der Waals surface area contributed by atoms with Crippen LogP contribution < -0.4 is 0 Å². The van der Waals surface area contributed by atoms with E-state index in [-0.39, 0.29) is 18.3 Å². The summed E-state index contributed by atoms with van der Waals surface area (Å²) in [6.07, 6.45) is -1.03. The van der Waals surface area contributed by atoms with Crippen molar-refractivity contribution in [2.24, 2.45) is 0 Å². The van der Waals surface area contributed by atoms with Crippen LogP contribution in [0.2, 0.25) is 18.1 Å². The van der Waals surface area contributed by atoms with Crippen LogP contribution in [0.25, 0.3) is 0 Å². The van der Waals surface area contributed by atoms with Gasteiger partial charge in [0.2, 0.25) is 0 Å². The van der Waals surface area contributed by atoms with E-state index in [2.05, 4.69) is 40.4 Å². The highest BCUT2D eigenvalue weighted by molar-refractivity contribution is 6.74. The molecule has 0 aromatic heterocycles. The van der Waals surface area contributed by atoms with Crippen molar-refractivity contribution in [2.75, 3.05) is 13.2 Å². The molecule has 7 nitrogen and oxygen atoms in total. The third-order valence-electron chi connectivity index (χ3n) is 6.46. The Bertz CT molecular complexity index is 762. The van der Waals surface area contributed by atoms with E-state index in [9.17, 15) is 9.90 Å². The molecule has 0 amide bonds. The van der Waals surface area contributed by atoms with Crippen LogP contribution in [0.3, 0.4) is 0 Å². The number of ether oxygens (including phenoxy) is 4. The summed E-state index contributed by atoms with van der Waals surface area (Å²) in [5.41, 5.74) is 0.945. The van der Waals surface area contributed by atoms with Crippen molar-refractivity contribution in [1.82, 2.24) is 0 Å². The molecule has 3 unspecified atom stereocenters. The molecule has 1 aliphatic heterocycles. The first-order valence-corrected chi connectivity index (χ1v) is 14.9. The molecule has 1 heterocycles. The lowest BCUT2D eigenvalue weighted by Gasteiger charge is -2.45. The molecule has 1 saturated heterocycles. The Morgan fingerprint density at radius 1 is 1.18 bits per heavy atom. The van der Waals surface area contributed by atoms with Crippen LogP contribution in [0.15, 0.2) is 43.0 Å². The Labute approximate surface area is 205 Å². The van der Waals surface area contributed by atoms with E-state index in [1.54, 1.807) is 0 Å². The molecule has 2 rings (SSSR count). The number of carbonyl (C=O) groups is 1. The summed E-state index contributed by atoms with van der Waals surface area (Å²) in [4.78, 5) is 11.9. The Morgan fingerprint density at radius 3 is 2.44 bits per heavy atom. The first kappa shape index (κ1) is 28.7. The highest BCUT2D eigenvalue weighted by atomic mass is 28.4. The maximum absolute atomic E-state index is 11.9. The topological polar surface area (TPSA) is 83.5 Å². The fourth-order valence-corrected chi connectivity index (χ4v) is 4.39. The second-order valence-corrected chi connectivity index (χ2v) is 15.1. The van der Waals surface area contributed by atoms with E-state index < -0.39 is 45.0 Å². The lowest BCUT2D eigenvalue weighted by molar-refractivity contribution is -0.311. The number of aliphatic hydroxyl groups excluding tert-OH is 1. The van der Waals surface area contributed by atoms with Gasteiger partial charge in [-0.1, -0.05) is 57.2 Å². The second-order valence-electron chi connectivity index (χ2n) is 10.2. The smallest absolute Gasteiger partial charge is 0.303 e. The van der Waals surface area contributed by atoms with Gasteiger partial charge in [-0.3, -0.25) is 4.79 Å². The summed E-state index contributed by atoms with van der Waals surface area (Å²) in [5.74, 6) is -0.496. The van der Waals surface area contributed by atoms with Gasteiger partial charge in [-0.25, -0.2) is 0 Å². The molecule has 0 saturated carbocycles. The number of benzene rings is 1. The van der Waals surface area contributed by atoms with Crippen molar-refractivity contribution in [2.45, 2.75) is 96.0 Å². The third-order valence-corrected chi connectivity index (χ3v) is 11.0. The van der Waals surface area contributed by atoms with E-state index >= 15 is 0 Å². The number of hydrogen-bond donors (Lipinski definition) is 1. The van der Waals surface area contributed by atoms with Gasteiger partial charge in [0.15, 0.2) is 20.7 Å². The first-order valence-electron chi connectivity index (χ1n) is 12.0. The van der Waals surface area contributed by atoms with Gasteiger partial charge in [-0.15, -0.1) is 6.58 Å². The predicted molar refractivity (Wildman–Crippen MR) is 134 cm³/mol. The highest BCUT2D eigenvalue weighted by Crippen LogP contribution is 2.37. The summed E-state index contributed by atoms with van der Waals surface area (Å²) in [5, 5.41) is 11.3. The molecule has 0 aliphatic carbocycles. The molecular formula is C26H42O7Si. The average molecular weight is 495 g/mol. The average Bonchev–Trinajstić information content (AvgIpc) is 2.76. The summed E-state index contributed by atoms with van der Waals surface area (Å²) < 4.78 is 30.1. The third kappa shape index (κ3) is 8.29. The maximum Gasteiger partial charge on any atom is 0.303 e. The molecule has 0 spiro atoms. The maximum atomic E-state index is 11.9. The molecule has 1 aromatic rings. The lowest BCUT2D eigenvalue weighted by atomic mass is 9.98. The van der Waals surface area contributed by atoms with Crippen LogP contribution in [0.4, 0.5) is 0 Å². The molecule has 8 heteroatoms. The molecule has 1 aromatic carbocycles. The monoisotopic (exact) mass is 494 g/mol. The van der Waals surface area contributed by atoms with Crippen LogP contribution in [0, 0.1) is 0 Å². The zero-order valence-electron chi connectivity index (χ0n) is 21.5. The van der Waals surface area contributed by atoms with E-state index in [1.165, 1.54) is 6.92 Å². The van der Waals surface area contributed by atoms with Gasteiger partial charge in [0.1, 0.15) is 18.3 Å². The molecule has 0 radical (unpaired) electrons. The van der Waals surface area contributed by atoms with Crippen molar-refractivity contribution >= 4 is 14.3 Å². The van der Waals surface area contributed by atoms with Crippen molar-refractivity contribution in [3.8, 4) is 0 Å². The minimum Gasteiger partial charge on any atom is -0.454 e. The van der Waals surface area contributed by atoms with Gasteiger partial charge in [0.25, 0.3) is 0 Å². The van der Waals surface area contributed by atoms with Gasteiger partial charge in [0, 0.05) is 6.92 Å². The summed E-state index contributed by atoms with van der Waals surface area (Å²) in [6, 6.07) is 9.64. The molecule has 1 fully saturated rings. The Morgan fingerprint density at radius 2 is 1.85 bits per heavy atom. The van der Waals surface area contributed by atoms with Crippen molar-refractivity contribution in [3.05, 3.63) is 48.6 Å². The summed E-state index contributed by atoms with van der Waals surface area (Å²) in [7, 11) is -2.08. The van der Waals surface area contributed by atoms with Crippen molar-refractivity contribution in [1.29, 1.82) is 0 Å². The normalized spacial score (nSPS) is 25.7. The molecular weight excluding hydrogens is 452 g/mol. The standard InChI is InChI=1S/C26H42O7Si/c1-8-9-13-16-29-25-24(32-19(2)27)23(30-17-20-14-11-10-12-15-20)22(28)21(33-25)18-31-34(6,7)26(3,4)5/h8,10-12,14-15,21-25,28H,1,9,13,16-18H2,2-7H3/t21?,22-,23?,24?,25-/m1/s1. The molecule has 5 atom stereocenters. The van der Waals surface area contributed by atoms with Crippen molar-refractivity contribution in [3.63, 3.8) is 0 Å². The predicted octanol–water partition coefficient (Wildman–Crippen LogP) is 4.59. The molecule has 1 aliphatic rings. The van der Waals surface area contributed by atoms with Crippen LogP contribution in [0.1, 0.15) is 46.1 Å². The van der Waals surface area contributed by atoms with E-state index in [1.807, 2.05) is 36.4 Å². The van der Waals surface area contributed by atoms with Crippen LogP contribution >= 0.6 is 0 Å². The lowest BCUT2D eigenvalue weighted by Crippen LogP contribution is -2.62. The zero-order valence-corrected chi connectivity index (χ0v) is 22.5. The van der Waals surface area contributed by atoms with Gasteiger partial charge in [-0.2, -0.15) is 0 Å². The number of carbonyl (C=O) groups excluding carboxylic acids is 1. The number of unbranched alkanes of at least 4 members (excludes halogenated alkanes) is 1. The van der Waals surface area contributed by atoms with E-state index in [0.717, 1.165) is 18.4 Å². The minimum absolute atomic E-state index is 0.0106. The number of esters is 1. The molecule has 34 heavy (non-hydrogen) atoms. The van der Waals surface area contributed by atoms with Crippen LogP contribution in [-0.2, 0) is 34.8 Å². The number of aliphatic hydroxyl groups is 1. The van der Waals surface area contributed by atoms with E-state index in [0.29, 0.717) is 6.61 Å². The molecule has 1 N–H and O–H groups in total. The van der Waals surface area contributed by atoms with Gasteiger partial charge in [0.05, 0.1) is 19.8 Å². The Balaban J connectivity index is 2.23. The van der Waals surface area contributed by atoms with Crippen LogP contribution in [0.5, 0.6) is 0 Å². The van der Waals surface area contributed by atoms with Gasteiger partial charge >= 0.3 is 5.97 Å². The quantitative estimate of drug-likeness (QED) is 0.197. The molecule has 192 valence electrons. The largest absolute Gasteiger partial charge is 0.454 e. The SMILES string of the molecule is C=CCCCO[C@@H]1OC(CO[Si](C)(C)C(C)(C)C)[C@@H](O)C(OCc2ccccc2)C1OC(C)=O. The summed E-state index contributed by atoms with van der Waals surface area (Å²) in [6.45, 7) is 16.7. The van der Waals surface area contributed by atoms with E-state index in [4.69, 9.17) is 23.4 Å². The van der Waals surface area contributed by atoms with Crippen molar-refractivity contribution < 1.29 is 33.3 Å². The highest BCUT2D eigenvalue weighted by Gasteiger charge is 2.49. The second kappa shape index (κ2) is 12.9. The number of hydrogen-bond acceptors (Lipinski definition) is 7. The Kier molecular flexibility index (Phi) is 10.9. The van der Waals surface area contributed by atoms with Gasteiger partial charge in [-0.05, 0) is 36.5 Å². The zero-order chi connectivity index (χ0) is 25.4. The molecule has 0 bridgehead atoms. The number of rotatable bonds is 12. The fraction of sp³-hybridized carbons (Fsp3) is 0.654. The fourth-order valence-electron chi connectivity index (χ4n) is 3.37. The summed E-state index contributed by atoms with van der Waals surface area (Å²) >= 11 is 0. The number of allylic oxidation sites excluding steroid dienone is 1. The first-order chi connectivity index (χ1) is 16.0. The Hall–Kier alpha value is -1.55. The van der Waals surface area contributed by atoms with Crippen LogP contribution in [-0.4, -0.2) is 63.3 Å². The minimum atomic E-state index is -2.08. The van der Waals surface area contributed by atoms with Gasteiger partial charge < -0.3 is 28.5 Å².